The van der Waals surface area contributed by atoms with Gasteiger partial charge in [-0.1, -0.05) is 54.6 Å². The van der Waals surface area contributed by atoms with E-state index in [-0.39, 0.29) is 11.4 Å². The molecule has 0 unspecified atom stereocenters. The predicted octanol–water partition coefficient (Wildman–Crippen LogP) is 5.05. The van der Waals surface area contributed by atoms with Gasteiger partial charge in [0.1, 0.15) is 6.54 Å². The largest absolute Gasteiger partial charge is 0.468 e. The molecular formula is C26H20N2O4S. The third kappa shape index (κ3) is 4.03. The highest BCUT2D eigenvalue weighted by Gasteiger charge is 2.36. The van der Waals surface area contributed by atoms with Crippen molar-refractivity contribution in [2.24, 2.45) is 0 Å². The van der Waals surface area contributed by atoms with E-state index < -0.39 is 17.1 Å². The molecule has 3 aromatic carbocycles. The number of aromatic nitrogens is 1. The van der Waals surface area contributed by atoms with Crippen LogP contribution in [-0.2, 0) is 20.9 Å². The number of fused-ring (bicyclic) bond motifs is 2. The molecule has 0 atom stereocenters. The minimum absolute atomic E-state index is 0.289. The average molecular weight is 457 g/mol. The number of ether oxygens (including phenoxy) is 1. The van der Waals surface area contributed by atoms with Crippen LogP contribution in [0.25, 0.3) is 27.8 Å². The topological polar surface area (TPSA) is 68.6 Å². The average Bonchev–Trinajstić information content (AvgIpc) is 3.31. The number of hydrogen-bond donors (Lipinski definition) is 0. The van der Waals surface area contributed by atoms with Crippen LogP contribution < -0.4 is 0 Å². The summed E-state index contributed by atoms with van der Waals surface area (Å²) < 4.78 is 6.73. The van der Waals surface area contributed by atoms with Crippen LogP contribution in [0.4, 0.5) is 4.79 Å². The van der Waals surface area contributed by atoms with Gasteiger partial charge in [-0.05, 0) is 46.3 Å². The molecule has 0 N–H and O–H groups in total. The monoisotopic (exact) mass is 456 g/mol. The van der Waals surface area contributed by atoms with Crippen molar-refractivity contribution in [3.05, 3.63) is 89.0 Å². The van der Waals surface area contributed by atoms with Crippen molar-refractivity contribution in [3.8, 4) is 0 Å². The van der Waals surface area contributed by atoms with Crippen LogP contribution >= 0.6 is 11.8 Å². The van der Waals surface area contributed by atoms with E-state index in [4.69, 9.17) is 0 Å². The highest BCUT2D eigenvalue weighted by Crippen LogP contribution is 2.34. The molecule has 7 heteroatoms. The van der Waals surface area contributed by atoms with Gasteiger partial charge in [-0.2, -0.15) is 0 Å². The number of esters is 1. The SMILES string of the molecule is COC(=O)CN1C(=O)S/C(=C\c2cn(Cc3ccc4ccccc4c3)c3ccccc23)C1=O. The maximum Gasteiger partial charge on any atom is 0.325 e. The number of carbonyl (C=O) groups excluding carboxylic acids is 3. The Kier molecular flexibility index (Phi) is 5.48. The van der Waals surface area contributed by atoms with E-state index in [9.17, 15) is 14.4 Å². The Morgan fingerprint density at radius 1 is 1.00 bits per heavy atom. The Labute approximate surface area is 194 Å². The second-order valence-electron chi connectivity index (χ2n) is 7.75. The maximum absolute atomic E-state index is 12.7. The van der Waals surface area contributed by atoms with Crippen LogP contribution in [0.1, 0.15) is 11.1 Å². The zero-order valence-electron chi connectivity index (χ0n) is 17.9. The lowest BCUT2D eigenvalue weighted by Crippen LogP contribution is -2.34. The summed E-state index contributed by atoms with van der Waals surface area (Å²) in [5.74, 6) is -1.12. The minimum atomic E-state index is -0.634. The number of rotatable bonds is 5. The van der Waals surface area contributed by atoms with Gasteiger partial charge in [0.05, 0.1) is 12.0 Å². The summed E-state index contributed by atoms with van der Waals surface area (Å²) in [5.41, 5.74) is 3.04. The molecule has 1 aromatic heterocycles. The molecule has 4 aromatic rings. The van der Waals surface area contributed by atoms with Crippen molar-refractivity contribution in [2.45, 2.75) is 6.54 Å². The summed E-state index contributed by atoms with van der Waals surface area (Å²) in [5, 5.41) is 2.89. The van der Waals surface area contributed by atoms with Crippen molar-refractivity contribution >= 4 is 56.6 Å². The van der Waals surface area contributed by atoms with Gasteiger partial charge >= 0.3 is 5.97 Å². The molecule has 1 aliphatic heterocycles. The molecular weight excluding hydrogens is 436 g/mol. The number of benzene rings is 3. The molecule has 5 rings (SSSR count). The van der Waals surface area contributed by atoms with Gasteiger partial charge in [-0.25, -0.2) is 0 Å². The van der Waals surface area contributed by atoms with E-state index >= 15 is 0 Å². The van der Waals surface area contributed by atoms with Gasteiger partial charge in [-0.3, -0.25) is 19.3 Å². The zero-order chi connectivity index (χ0) is 22.9. The number of amides is 2. The Balaban J connectivity index is 1.49. The third-order valence-electron chi connectivity index (χ3n) is 5.66. The fraction of sp³-hybridized carbons (Fsp3) is 0.115. The number of methoxy groups -OCH3 is 1. The van der Waals surface area contributed by atoms with Gasteiger partial charge in [-0.15, -0.1) is 0 Å². The minimum Gasteiger partial charge on any atom is -0.468 e. The molecule has 2 heterocycles. The second kappa shape index (κ2) is 8.60. The fourth-order valence-corrected chi connectivity index (χ4v) is 4.86. The molecule has 0 radical (unpaired) electrons. The molecule has 1 aliphatic rings. The third-order valence-corrected chi connectivity index (χ3v) is 6.57. The van der Waals surface area contributed by atoms with E-state index in [1.807, 2.05) is 42.6 Å². The van der Waals surface area contributed by atoms with Crippen LogP contribution in [0.3, 0.4) is 0 Å². The molecule has 1 fully saturated rings. The number of nitrogens with zero attached hydrogens (tertiary/aromatic N) is 2. The number of imide groups is 1. The van der Waals surface area contributed by atoms with E-state index in [2.05, 4.69) is 39.6 Å². The van der Waals surface area contributed by atoms with Crippen molar-refractivity contribution in [1.82, 2.24) is 9.47 Å². The first-order chi connectivity index (χ1) is 16.0. The normalized spacial score (nSPS) is 15.2. The summed E-state index contributed by atoms with van der Waals surface area (Å²) in [4.78, 5) is 37.8. The highest BCUT2D eigenvalue weighted by atomic mass is 32.2. The van der Waals surface area contributed by atoms with Gasteiger partial charge in [0, 0.05) is 29.2 Å². The van der Waals surface area contributed by atoms with Crippen molar-refractivity contribution in [1.29, 1.82) is 0 Å². The summed E-state index contributed by atoms with van der Waals surface area (Å²) in [7, 11) is 1.22. The smallest absolute Gasteiger partial charge is 0.325 e. The fourth-order valence-electron chi connectivity index (χ4n) is 4.03. The number of para-hydroxylation sites is 1. The Bertz CT molecular complexity index is 1450. The molecule has 1 saturated heterocycles. The molecule has 0 spiro atoms. The molecule has 0 bridgehead atoms. The van der Waals surface area contributed by atoms with Crippen molar-refractivity contribution in [2.75, 3.05) is 13.7 Å². The summed E-state index contributed by atoms with van der Waals surface area (Å²) in [6.07, 6.45) is 3.72. The number of thioether (sulfide) groups is 1. The highest BCUT2D eigenvalue weighted by molar-refractivity contribution is 8.18. The molecule has 0 saturated carbocycles. The number of hydrogen-bond acceptors (Lipinski definition) is 5. The first-order valence-electron chi connectivity index (χ1n) is 10.4. The second-order valence-corrected chi connectivity index (χ2v) is 8.75. The van der Waals surface area contributed by atoms with Crippen LogP contribution in [-0.4, -0.2) is 40.2 Å². The molecule has 6 nitrogen and oxygen atoms in total. The summed E-state index contributed by atoms with van der Waals surface area (Å²) >= 11 is 0.834. The van der Waals surface area contributed by atoms with Crippen LogP contribution in [0.2, 0.25) is 0 Å². The first kappa shape index (κ1) is 21.0. The van der Waals surface area contributed by atoms with Crippen LogP contribution in [0.5, 0.6) is 0 Å². The van der Waals surface area contributed by atoms with E-state index in [1.165, 1.54) is 23.4 Å². The van der Waals surface area contributed by atoms with Crippen LogP contribution in [0.15, 0.2) is 77.8 Å². The molecule has 0 aliphatic carbocycles. The first-order valence-corrected chi connectivity index (χ1v) is 11.2. The quantitative estimate of drug-likeness (QED) is 0.310. The summed E-state index contributed by atoms with van der Waals surface area (Å²) in [6, 6.07) is 22.6. The Hall–Kier alpha value is -3.84. The molecule has 2 amide bonds. The number of carbonyl (C=O) groups is 3. The summed E-state index contributed by atoms with van der Waals surface area (Å²) in [6.45, 7) is 0.283. The van der Waals surface area contributed by atoms with E-state index in [1.54, 1.807) is 6.08 Å². The lowest BCUT2D eigenvalue weighted by molar-refractivity contribution is -0.143. The van der Waals surface area contributed by atoms with Gasteiger partial charge in [0.2, 0.25) is 0 Å². The van der Waals surface area contributed by atoms with Crippen molar-refractivity contribution < 1.29 is 19.1 Å². The molecule has 164 valence electrons. The van der Waals surface area contributed by atoms with E-state index in [0.717, 1.165) is 33.1 Å². The van der Waals surface area contributed by atoms with Gasteiger partial charge in [0.25, 0.3) is 11.1 Å². The lowest BCUT2D eigenvalue weighted by Gasteiger charge is -2.09. The Morgan fingerprint density at radius 3 is 2.58 bits per heavy atom. The lowest BCUT2D eigenvalue weighted by atomic mass is 10.1. The van der Waals surface area contributed by atoms with Crippen LogP contribution in [0, 0.1) is 0 Å². The maximum atomic E-state index is 12.7. The van der Waals surface area contributed by atoms with Crippen molar-refractivity contribution in [3.63, 3.8) is 0 Å². The van der Waals surface area contributed by atoms with Gasteiger partial charge in [0.15, 0.2) is 0 Å². The molecule has 33 heavy (non-hydrogen) atoms. The van der Waals surface area contributed by atoms with E-state index in [0.29, 0.717) is 6.54 Å². The zero-order valence-corrected chi connectivity index (χ0v) is 18.7. The Morgan fingerprint density at radius 2 is 1.76 bits per heavy atom. The predicted molar refractivity (Wildman–Crippen MR) is 130 cm³/mol. The standard InChI is InChI=1S/C26H20N2O4S/c1-32-24(29)16-28-25(30)23(33-26(28)31)13-20-15-27(22-9-5-4-8-21(20)22)14-17-10-11-18-6-2-3-7-19(18)12-17/h2-13,15H,14,16H2,1H3/b23-13-. The van der Waals surface area contributed by atoms with Gasteiger partial charge < -0.3 is 9.30 Å².